The van der Waals surface area contributed by atoms with Crippen LogP contribution in [0, 0.1) is 5.41 Å². The molecule has 2 fully saturated rings. The molecule has 4 heterocycles. The van der Waals surface area contributed by atoms with Crippen LogP contribution in [0.5, 0.6) is 0 Å². The molecule has 0 aliphatic carbocycles. The minimum absolute atomic E-state index is 0.0888. The highest BCUT2D eigenvalue weighted by molar-refractivity contribution is 5.90. The van der Waals surface area contributed by atoms with Crippen LogP contribution < -0.4 is 16.0 Å². The van der Waals surface area contributed by atoms with Crippen molar-refractivity contribution in [3.63, 3.8) is 0 Å². The molecule has 2 aliphatic rings. The van der Waals surface area contributed by atoms with Crippen LogP contribution in [0.4, 0.5) is 5.69 Å². The summed E-state index contributed by atoms with van der Waals surface area (Å²) in [4.78, 5) is 30.7. The van der Waals surface area contributed by atoms with E-state index in [9.17, 15) is 4.79 Å². The molecule has 0 saturated carbocycles. The van der Waals surface area contributed by atoms with Crippen LogP contribution in [-0.4, -0.2) is 64.0 Å². The predicted molar refractivity (Wildman–Crippen MR) is 150 cm³/mol. The SMILES string of the molecule is C=C(NC(C(=O)N1CCC(N)CC1)C(C)(C)C)c1c[nH]c2ncc(-c3cccc(N4CCCC4)c3)nc12. The lowest BCUT2D eigenvalue weighted by Crippen LogP contribution is -2.55. The lowest BCUT2D eigenvalue weighted by Gasteiger charge is -2.38. The molecule has 4 N–H and O–H groups in total. The van der Waals surface area contributed by atoms with Crippen molar-refractivity contribution in [3.05, 3.63) is 48.8 Å². The molecule has 0 radical (unpaired) electrons. The lowest BCUT2D eigenvalue weighted by molar-refractivity contribution is -0.136. The second-order valence-electron chi connectivity index (χ2n) is 11.5. The van der Waals surface area contributed by atoms with Crippen molar-refractivity contribution in [2.75, 3.05) is 31.1 Å². The third kappa shape index (κ3) is 5.34. The fourth-order valence-electron chi connectivity index (χ4n) is 5.30. The summed E-state index contributed by atoms with van der Waals surface area (Å²) in [6.45, 7) is 14.1. The number of carbonyl (C=O) groups excluding carboxylic acids is 1. The number of nitrogens with one attached hydrogen (secondary N) is 2. The molecule has 8 nitrogen and oxygen atoms in total. The molecular weight excluding hydrogens is 462 g/mol. The van der Waals surface area contributed by atoms with Gasteiger partial charge in [-0.1, -0.05) is 39.5 Å². The quantitative estimate of drug-likeness (QED) is 0.469. The zero-order chi connectivity index (χ0) is 26.2. The van der Waals surface area contributed by atoms with E-state index in [0.717, 1.165) is 48.3 Å². The van der Waals surface area contributed by atoms with Crippen LogP contribution >= 0.6 is 0 Å². The number of fused-ring (bicyclic) bond motifs is 1. The van der Waals surface area contributed by atoms with Gasteiger partial charge in [-0.05, 0) is 43.2 Å². The van der Waals surface area contributed by atoms with Crippen LogP contribution in [0.3, 0.4) is 0 Å². The minimum Gasteiger partial charge on any atom is -0.373 e. The molecule has 2 aromatic heterocycles. The van der Waals surface area contributed by atoms with Crippen LogP contribution in [0.1, 0.15) is 52.0 Å². The number of carbonyl (C=O) groups is 1. The van der Waals surface area contributed by atoms with Crippen molar-refractivity contribution < 1.29 is 4.79 Å². The summed E-state index contributed by atoms with van der Waals surface area (Å²) in [5.41, 5.74) is 11.8. The number of H-pyrrole nitrogens is 1. The number of likely N-dealkylation sites (tertiary alicyclic amines) is 1. The smallest absolute Gasteiger partial charge is 0.245 e. The maximum absolute atomic E-state index is 13.5. The second-order valence-corrected chi connectivity index (χ2v) is 11.5. The molecule has 1 aromatic carbocycles. The normalized spacial score (nSPS) is 17.8. The number of hydrogen-bond donors (Lipinski definition) is 3. The van der Waals surface area contributed by atoms with Crippen LogP contribution in [0.25, 0.3) is 28.1 Å². The summed E-state index contributed by atoms with van der Waals surface area (Å²) < 4.78 is 0. The molecule has 8 heteroatoms. The van der Waals surface area contributed by atoms with Gasteiger partial charge in [0.15, 0.2) is 5.65 Å². The van der Waals surface area contributed by atoms with Crippen molar-refractivity contribution in [1.82, 2.24) is 25.2 Å². The molecule has 2 aliphatic heterocycles. The van der Waals surface area contributed by atoms with Gasteiger partial charge in [-0.2, -0.15) is 0 Å². The number of aromatic nitrogens is 3. The van der Waals surface area contributed by atoms with E-state index in [-0.39, 0.29) is 17.4 Å². The number of hydrogen-bond acceptors (Lipinski definition) is 6. The summed E-state index contributed by atoms with van der Waals surface area (Å²) in [7, 11) is 0. The summed E-state index contributed by atoms with van der Waals surface area (Å²) in [5.74, 6) is 0.0888. The Morgan fingerprint density at radius 3 is 2.62 bits per heavy atom. The van der Waals surface area contributed by atoms with Crippen molar-refractivity contribution in [2.45, 2.75) is 58.5 Å². The molecule has 0 bridgehead atoms. The number of benzene rings is 1. The first-order chi connectivity index (χ1) is 17.7. The van der Waals surface area contributed by atoms with Gasteiger partial charge in [0.05, 0.1) is 11.9 Å². The van der Waals surface area contributed by atoms with Crippen molar-refractivity contribution in [1.29, 1.82) is 0 Å². The van der Waals surface area contributed by atoms with E-state index in [2.05, 4.69) is 71.8 Å². The Balaban J connectivity index is 1.40. The zero-order valence-electron chi connectivity index (χ0n) is 22.3. The average molecular weight is 502 g/mol. The number of anilines is 1. The molecule has 1 atom stereocenters. The Labute approximate surface area is 219 Å². The zero-order valence-corrected chi connectivity index (χ0v) is 22.3. The first-order valence-electron chi connectivity index (χ1n) is 13.4. The molecular formula is C29H39N7O. The number of rotatable bonds is 6. The number of nitrogens with two attached hydrogens (primary N) is 1. The third-order valence-corrected chi connectivity index (χ3v) is 7.60. The van der Waals surface area contributed by atoms with E-state index < -0.39 is 6.04 Å². The summed E-state index contributed by atoms with van der Waals surface area (Å²) in [5, 5.41) is 3.45. The molecule has 2 saturated heterocycles. The summed E-state index contributed by atoms with van der Waals surface area (Å²) in [6.07, 6.45) is 7.83. The first kappa shape index (κ1) is 25.3. The highest BCUT2D eigenvalue weighted by Crippen LogP contribution is 2.30. The Bertz CT molecular complexity index is 1280. The molecule has 37 heavy (non-hydrogen) atoms. The van der Waals surface area contributed by atoms with Gasteiger partial charge in [0.1, 0.15) is 11.6 Å². The number of aromatic amines is 1. The van der Waals surface area contributed by atoms with E-state index in [1.54, 1.807) is 0 Å². The predicted octanol–water partition coefficient (Wildman–Crippen LogP) is 4.15. The number of amides is 1. The highest BCUT2D eigenvalue weighted by Gasteiger charge is 2.36. The lowest BCUT2D eigenvalue weighted by atomic mass is 9.85. The maximum Gasteiger partial charge on any atom is 0.245 e. The van der Waals surface area contributed by atoms with E-state index in [0.29, 0.717) is 24.4 Å². The average Bonchev–Trinajstić information content (AvgIpc) is 3.57. The van der Waals surface area contributed by atoms with E-state index in [1.807, 2.05) is 17.3 Å². The number of piperidine rings is 1. The Morgan fingerprint density at radius 2 is 1.92 bits per heavy atom. The molecule has 0 spiro atoms. The summed E-state index contributed by atoms with van der Waals surface area (Å²) in [6, 6.07) is 8.27. The van der Waals surface area contributed by atoms with Crippen molar-refractivity contribution in [3.8, 4) is 11.3 Å². The van der Waals surface area contributed by atoms with Gasteiger partial charge in [-0.3, -0.25) is 4.79 Å². The fourth-order valence-corrected chi connectivity index (χ4v) is 5.30. The van der Waals surface area contributed by atoms with Crippen molar-refractivity contribution >= 4 is 28.5 Å². The maximum atomic E-state index is 13.5. The molecule has 1 amide bonds. The van der Waals surface area contributed by atoms with Gasteiger partial charge >= 0.3 is 0 Å². The third-order valence-electron chi connectivity index (χ3n) is 7.60. The Hall–Kier alpha value is -3.39. The topological polar surface area (TPSA) is 103 Å². The van der Waals surface area contributed by atoms with E-state index in [4.69, 9.17) is 10.7 Å². The van der Waals surface area contributed by atoms with Gasteiger partial charge in [0.2, 0.25) is 5.91 Å². The fraction of sp³-hybridized carbons (Fsp3) is 0.483. The Kier molecular flexibility index (Phi) is 6.94. The van der Waals surface area contributed by atoms with Crippen LogP contribution in [0.2, 0.25) is 0 Å². The molecule has 3 aromatic rings. The molecule has 1 unspecified atom stereocenters. The van der Waals surface area contributed by atoms with Crippen LogP contribution in [0.15, 0.2) is 43.2 Å². The second kappa shape index (κ2) is 10.2. The van der Waals surface area contributed by atoms with E-state index in [1.165, 1.54) is 18.5 Å². The first-order valence-corrected chi connectivity index (χ1v) is 13.4. The van der Waals surface area contributed by atoms with Gasteiger partial charge in [-0.25, -0.2) is 9.97 Å². The monoisotopic (exact) mass is 501 g/mol. The molecule has 5 rings (SSSR count). The van der Waals surface area contributed by atoms with Gasteiger partial charge in [0, 0.05) is 60.9 Å². The van der Waals surface area contributed by atoms with Crippen molar-refractivity contribution in [2.24, 2.45) is 11.1 Å². The molecule has 196 valence electrons. The summed E-state index contributed by atoms with van der Waals surface area (Å²) >= 11 is 0. The van der Waals surface area contributed by atoms with Gasteiger partial charge in [-0.15, -0.1) is 0 Å². The Morgan fingerprint density at radius 1 is 1.19 bits per heavy atom. The standard InChI is InChI=1S/C29H39N7O/c1-19(33-26(29(2,3)4)28(37)36-14-10-21(30)11-15-36)23-17-31-27-25(23)34-24(18-32-27)20-8-7-9-22(16-20)35-12-5-6-13-35/h7-9,16-18,21,26,33H,1,5-6,10-15,30H2,2-4H3,(H,31,32). The van der Waals surface area contributed by atoms with Gasteiger partial charge in [0.25, 0.3) is 0 Å². The van der Waals surface area contributed by atoms with Gasteiger partial charge < -0.3 is 25.8 Å². The largest absolute Gasteiger partial charge is 0.373 e. The highest BCUT2D eigenvalue weighted by atomic mass is 16.2. The minimum atomic E-state index is -0.424. The number of nitrogens with zero attached hydrogens (tertiary/aromatic N) is 4. The van der Waals surface area contributed by atoms with Crippen LogP contribution in [-0.2, 0) is 4.79 Å². The van der Waals surface area contributed by atoms with E-state index >= 15 is 0 Å².